The molecule has 0 unspecified atom stereocenters. The number of hydrogen-bond acceptors (Lipinski definition) is 5. The van der Waals surface area contributed by atoms with Gasteiger partial charge in [0.15, 0.2) is 5.11 Å². The van der Waals surface area contributed by atoms with Crippen LogP contribution in [0.1, 0.15) is 22.2 Å². The third-order valence-corrected chi connectivity index (χ3v) is 5.84. The summed E-state index contributed by atoms with van der Waals surface area (Å²) in [6.07, 6.45) is 0.994. The third kappa shape index (κ3) is 4.61. The summed E-state index contributed by atoms with van der Waals surface area (Å²) >= 11 is 6.40. The predicted molar refractivity (Wildman–Crippen MR) is 110 cm³/mol. The molecule has 1 aromatic heterocycles. The molecule has 1 aliphatic heterocycles. The maximum Gasteiger partial charge on any atom is 0.324 e. The van der Waals surface area contributed by atoms with E-state index in [1.54, 1.807) is 4.90 Å². The van der Waals surface area contributed by atoms with E-state index in [9.17, 15) is 14.9 Å². The number of anilines is 1. The lowest BCUT2D eigenvalue weighted by Crippen LogP contribution is -2.51. The summed E-state index contributed by atoms with van der Waals surface area (Å²) in [7, 11) is 0. The van der Waals surface area contributed by atoms with Gasteiger partial charge in [-0.25, -0.2) is 0 Å². The van der Waals surface area contributed by atoms with Gasteiger partial charge in [-0.15, -0.1) is 0 Å². The van der Waals surface area contributed by atoms with Crippen molar-refractivity contribution in [1.82, 2.24) is 9.80 Å². The maximum absolute atomic E-state index is 12.5. The number of aryl methyl sites for hydroxylation is 1. The van der Waals surface area contributed by atoms with Gasteiger partial charge in [0.25, 0.3) is 5.91 Å². The number of rotatable bonds is 4. The highest BCUT2D eigenvalue weighted by atomic mass is 32.1. The fourth-order valence-electron chi connectivity index (χ4n) is 2.84. The molecule has 1 aliphatic rings. The molecular weight excluding hydrogens is 384 g/mol. The third-order valence-electron chi connectivity index (χ3n) is 4.45. The second kappa shape index (κ2) is 8.45. The maximum atomic E-state index is 12.5. The van der Waals surface area contributed by atoms with Gasteiger partial charge in [-0.2, -0.15) is 0 Å². The van der Waals surface area contributed by atoms with E-state index in [1.807, 2.05) is 17.0 Å². The van der Waals surface area contributed by atoms with E-state index in [0.29, 0.717) is 36.2 Å². The SMILES string of the molecule is CCc1ccc(NC(=S)N2CCN(C(=O)c3ccc([N+](=O)[O-])s3)CC2)cc1. The first-order chi connectivity index (χ1) is 13.0. The summed E-state index contributed by atoms with van der Waals surface area (Å²) in [6, 6.07) is 11.0. The molecule has 0 atom stereocenters. The van der Waals surface area contributed by atoms with E-state index >= 15 is 0 Å². The topological polar surface area (TPSA) is 78.7 Å². The molecule has 1 amide bonds. The van der Waals surface area contributed by atoms with E-state index < -0.39 is 4.92 Å². The number of nitrogens with one attached hydrogen (secondary N) is 1. The molecule has 1 N–H and O–H groups in total. The number of thiophene rings is 1. The molecule has 0 bridgehead atoms. The second-order valence-corrected chi connectivity index (χ2v) is 7.60. The first-order valence-corrected chi connectivity index (χ1v) is 9.88. The highest BCUT2D eigenvalue weighted by Gasteiger charge is 2.25. The van der Waals surface area contributed by atoms with E-state index in [-0.39, 0.29) is 10.9 Å². The number of hydrogen-bond donors (Lipinski definition) is 1. The van der Waals surface area contributed by atoms with Crippen molar-refractivity contribution in [2.24, 2.45) is 0 Å². The summed E-state index contributed by atoms with van der Waals surface area (Å²) in [5, 5.41) is 14.6. The van der Waals surface area contributed by atoms with Crippen molar-refractivity contribution in [2.75, 3.05) is 31.5 Å². The molecule has 0 aliphatic carbocycles. The molecule has 2 heterocycles. The Morgan fingerprint density at radius 1 is 1.15 bits per heavy atom. The minimum Gasteiger partial charge on any atom is -0.345 e. The van der Waals surface area contributed by atoms with E-state index in [4.69, 9.17) is 12.2 Å². The van der Waals surface area contributed by atoms with E-state index in [2.05, 4.69) is 24.4 Å². The molecule has 1 aromatic carbocycles. The lowest BCUT2D eigenvalue weighted by molar-refractivity contribution is -0.380. The number of nitro groups is 1. The number of benzene rings is 1. The summed E-state index contributed by atoms with van der Waals surface area (Å²) in [4.78, 5) is 27.0. The molecule has 1 saturated heterocycles. The molecule has 3 rings (SSSR count). The molecule has 142 valence electrons. The number of piperazine rings is 1. The van der Waals surface area contributed by atoms with Gasteiger partial charge in [0.2, 0.25) is 0 Å². The number of nitrogens with zero attached hydrogens (tertiary/aromatic N) is 3. The van der Waals surface area contributed by atoms with Crippen LogP contribution in [0.5, 0.6) is 0 Å². The first kappa shape index (κ1) is 19.2. The Morgan fingerprint density at radius 3 is 2.33 bits per heavy atom. The van der Waals surface area contributed by atoms with Gasteiger partial charge in [-0.1, -0.05) is 30.4 Å². The van der Waals surface area contributed by atoms with Crippen LogP contribution < -0.4 is 5.32 Å². The van der Waals surface area contributed by atoms with Gasteiger partial charge >= 0.3 is 5.00 Å². The van der Waals surface area contributed by atoms with Gasteiger partial charge < -0.3 is 15.1 Å². The van der Waals surface area contributed by atoms with Crippen molar-refractivity contribution < 1.29 is 9.72 Å². The normalized spacial score (nSPS) is 14.1. The van der Waals surface area contributed by atoms with Gasteiger partial charge in [0, 0.05) is 37.9 Å². The van der Waals surface area contributed by atoms with Crippen LogP contribution in [0.2, 0.25) is 0 Å². The van der Waals surface area contributed by atoms with Crippen molar-refractivity contribution in [2.45, 2.75) is 13.3 Å². The zero-order valence-corrected chi connectivity index (χ0v) is 16.5. The Balaban J connectivity index is 1.53. The minimum absolute atomic E-state index is 0.0172. The van der Waals surface area contributed by atoms with Gasteiger partial charge in [-0.3, -0.25) is 14.9 Å². The molecule has 2 aromatic rings. The van der Waals surface area contributed by atoms with Gasteiger partial charge in [0.1, 0.15) is 0 Å². The quantitative estimate of drug-likeness (QED) is 0.478. The first-order valence-electron chi connectivity index (χ1n) is 8.66. The fourth-order valence-corrected chi connectivity index (χ4v) is 3.92. The van der Waals surface area contributed by atoms with E-state index in [0.717, 1.165) is 23.4 Å². The monoisotopic (exact) mass is 404 g/mol. The largest absolute Gasteiger partial charge is 0.345 e. The summed E-state index contributed by atoms with van der Waals surface area (Å²) in [5.74, 6) is -0.165. The van der Waals surface area contributed by atoms with Crippen molar-refractivity contribution in [3.63, 3.8) is 0 Å². The lowest BCUT2D eigenvalue weighted by Gasteiger charge is -2.36. The summed E-state index contributed by atoms with van der Waals surface area (Å²) in [5.41, 5.74) is 2.22. The standard InChI is InChI=1S/C18H20N4O3S2/c1-2-13-3-5-14(6-4-13)19-18(26)21-11-9-20(10-12-21)17(23)15-7-8-16(27-15)22(24)25/h3-8H,2,9-12H2,1H3,(H,19,26). The summed E-state index contributed by atoms with van der Waals surface area (Å²) < 4.78 is 0. The number of carbonyl (C=O) groups excluding carboxylic acids is 1. The van der Waals surface area contributed by atoms with Crippen LogP contribution >= 0.6 is 23.6 Å². The van der Waals surface area contributed by atoms with Gasteiger partial charge in [0.05, 0.1) is 9.80 Å². The predicted octanol–water partition coefficient (Wildman–Crippen LogP) is 3.37. The smallest absolute Gasteiger partial charge is 0.324 e. The van der Waals surface area contributed by atoms with Crippen LogP contribution in [0.3, 0.4) is 0 Å². The van der Waals surface area contributed by atoms with Crippen LogP contribution in [-0.4, -0.2) is 51.9 Å². The van der Waals surface area contributed by atoms with Crippen LogP contribution in [0.15, 0.2) is 36.4 Å². The van der Waals surface area contributed by atoms with Crippen LogP contribution in [0.25, 0.3) is 0 Å². The van der Waals surface area contributed by atoms with Crippen molar-refractivity contribution in [3.05, 3.63) is 57.0 Å². The second-order valence-electron chi connectivity index (χ2n) is 6.15. The van der Waals surface area contributed by atoms with Crippen molar-refractivity contribution in [3.8, 4) is 0 Å². The molecular formula is C18H20N4O3S2. The Morgan fingerprint density at radius 2 is 1.78 bits per heavy atom. The zero-order valence-electron chi connectivity index (χ0n) is 14.9. The lowest BCUT2D eigenvalue weighted by atomic mass is 10.1. The minimum atomic E-state index is -0.476. The molecule has 0 saturated carbocycles. The Bertz CT molecular complexity index is 843. The number of carbonyl (C=O) groups is 1. The molecule has 7 nitrogen and oxygen atoms in total. The summed E-state index contributed by atoms with van der Waals surface area (Å²) in [6.45, 7) is 4.42. The van der Waals surface area contributed by atoms with Gasteiger partial charge in [-0.05, 0) is 42.4 Å². The Kier molecular flexibility index (Phi) is 6.02. The average molecular weight is 405 g/mol. The highest BCUT2D eigenvalue weighted by Crippen LogP contribution is 2.25. The van der Waals surface area contributed by atoms with Crippen LogP contribution in [-0.2, 0) is 6.42 Å². The van der Waals surface area contributed by atoms with Crippen molar-refractivity contribution in [1.29, 1.82) is 0 Å². The molecule has 27 heavy (non-hydrogen) atoms. The number of thiocarbonyl (C=S) groups is 1. The van der Waals surface area contributed by atoms with Crippen LogP contribution in [0.4, 0.5) is 10.7 Å². The molecule has 9 heteroatoms. The molecule has 0 radical (unpaired) electrons. The Hall–Kier alpha value is -2.52. The van der Waals surface area contributed by atoms with Crippen LogP contribution in [0, 0.1) is 10.1 Å². The zero-order chi connectivity index (χ0) is 19.4. The average Bonchev–Trinajstić information content (AvgIpc) is 3.18. The fraction of sp³-hybridized carbons (Fsp3) is 0.333. The number of amides is 1. The molecule has 1 fully saturated rings. The van der Waals surface area contributed by atoms with Crippen molar-refractivity contribution >= 4 is 45.3 Å². The molecule has 0 spiro atoms. The Labute approximate surface area is 166 Å². The van der Waals surface area contributed by atoms with E-state index in [1.165, 1.54) is 17.7 Å². The highest BCUT2D eigenvalue weighted by molar-refractivity contribution is 7.80.